The summed E-state index contributed by atoms with van der Waals surface area (Å²) in [5, 5.41) is 12.4. The number of benzene rings is 2. The molecule has 0 spiro atoms. The molecule has 18 heavy (non-hydrogen) atoms. The number of fused-ring (bicyclic) bond motifs is 2. The molecule has 0 atom stereocenters. The molecule has 3 rings (SSSR count). The summed E-state index contributed by atoms with van der Waals surface area (Å²) in [6.07, 6.45) is 0. The Morgan fingerprint density at radius 1 is 1.22 bits per heavy atom. The van der Waals surface area contributed by atoms with Gasteiger partial charge in [-0.25, -0.2) is 4.79 Å². The fraction of sp³-hybridized carbons (Fsp3) is 0. The lowest BCUT2D eigenvalue weighted by Crippen LogP contribution is -2.07. The number of nitrogens with one attached hydrogen (secondary N) is 1. The van der Waals surface area contributed by atoms with Gasteiger partial charge in [0, 0.05) is 14.3 Å². The van der Waals surface area contributed by atoms with Crippen molar-refractivity contribution in [2.24, 2.45) is 0 Å². The molecule has 1 aliphatic heterocycles. The van der Waals surface area contributed by atoms with E-state index in [1.807, 2.05) is 24.3 Å². The maximum Gasteiger partial charge on any atom is 0.337 e. The maximum absolute atomic E-state index is 11.2. The number of anilines is 2. The highest BCUT2D eigenvalue weighted by atomic mass is 79.9. The van der Waals surface area contributed by atoms with Crippen LogP contribution in [0.5, 0.6) is 0 Å². The van der Waals surface area contributed by atoms with Crippen LogP contribution in [0.4, 0.5) is 11.4 Å². The normalized spacial score (nSPS) is 12.3. The van der Waals surface area contributed by atoms with Crippen LogP contribution in [0.1, 0.15) is 10.4 Å². The summed E-state index contributed by atoms with van der Waals surface area (Å²) in [4.78, 5) is 13.2. The van der Waals surface area contributed by atoms with Crippen LogP contribution >= 0.6 is 27.7 Å². The van der Waals surface area contributed by atoms with Crippen molar-refractivity contribution in [3.05, 3.63) is 46.4 Å². The number of carbonyl (C=O) groups is 1. The number of carboxylic acids is 1. The highest BCUT2D eigenvalue weighted by Gasteiger charge is 2.21. The molecule has 3 nitrogen and oxygen atoms in total. The first kappa shape index (κ1) is 11.6. The number of carboxylic acid groups (broad SMARTS) is 1. The van der Waals surface area contributed by atoms with Gasteiger partial charge < -0.3 is 10.4 Å². The summed E-state index contributed by atoms with van der Waals surface area (Å²) >= 11 is 5.01. The van der Waals surface area contributed by atoms with Crippen molar-refractivity contribution in [1.29, 1.82) is 0 Å². The number of rotatable bonds is 1. The minimum absolute atomic E-state index is 0.300. The summed E-state index contributed by atoms with van der Waals surface area (Å²) < 4.78 is 1.01. The molecule has 1 aliphatic rings. The number of aromatic carboxylic acids is 1. The van der Waals surface area contributed by atoms with Gasteiger partial charge in [0.1, 0.15) is 0 Å². The zero-order valence-electron chi connectivity index (χ0n) is 9.11. The van der Waals surface area contributed by atoms with Crippen molar-refractivity contribution >= 4 is 45.0 Å². The highest BCUT2D eigenvalue weighted by molar-refractivity contribution is 9.10. The largest absolute Gasteiger partial charge is 0.478 e. The van der Waals surface area contributed by atoms with Gasteiger partial charge in [-0.05, 0) is 30.3 Å². The van der Waals surface area contributed by atoms with Gasteiger partial charge in [-0.15, -0.1) is 0 Å². The van der Waals surface area contributed by atoms with Crippen molar-refractivity contribution in [3.63, 3.8) is 0 Å². The first-order valence-corrected chi connectivity index (χ1v) is 6.87. The molecule has 5 heteroatoms. The molecule has 90 valence electrons. The Balaban J connectivity index is 2.13. The molecule has 2 aromatic rings. The van der Waals surface area contributed by atoms with Gasteiger partial charge in [-0.3, -0.25) is 0 Å². The van der Waals surface area contributed by atoms with Gasteiger partial charge in [-0.2, -0.15) is 0 Å². The molecule has 2 N–H and O–H groups in total. The van der Waals surface area contributed by atoms with Crippen LogP contribution < -0.4 is 5.32 Å². The molecule has 2 aromatic carbocycles. The predicted octanol–water partition coefficient (Wildman–Crippen LogP) is 4.36. The van der Waals surface area contributed by atoms with Crippen molar-refractivity contribution in [1.82, 2.24) is 0 Å². The monoisotopic (exact) mass is 321 g/mol. The van der Waals surface area contributed by atoms with Crippen LogP contribution in [0.3, 0.4) is 0 Å². The zero-order chi connectivity index (χ0) is 12.7. The third kappa shape index (κ3) is 1.89. The van der Waals surface area contributed by atoms with Crippen LogP contribution in [-0.4, -0.2) is 11.1 Å². The summed E-state index contributed by atoms with van der Waals surface area (Å²) in [5.41, 5.74) is 1.91. The lowest BCUT2D eigenvalue weighted by molar-refractivity contribution is 0.0698. The standard InChI is InChI=1S/C13H8BrNO2S/c14-7-4-5-9-11(6-7)18-10-3-1-2-8(13(16)17)12(10)15-9/h1-6,15H,(H,16,17). The Morgan fingerprint density at radius 2 is 2.06 bits per heavy atom. The molecule has 0 fully saturated rings. The van der Waals surface area contributed by atoms with Crippen molar-refractivity contribution in [2.45, 2.75) is 9.79 Å². The van der Waals surface area contributed by atoms with E-state index in [1.54, 1.807) is 23.9 Å². The molecule has 0 saturated heterocycles. The highest BCUT2D eigenvalue weighted by Crippen LogP contribution is 2.46. The molecular formula is C13H8BrNO2S. The van der Waals surface area contributed by atoms with E-state index in [9.17, 15) is 9.90 Å². The van der Waals surface area contributed by atoms with E-state index in [0.717, 1.165) is 20.0 Å². The van der Waals surface area contributed by atoms with E-state index in [1.165, 1.54) is 0 Å². The van der Waals surface area contributed by atoms with Gasteiger partial charge in [0.05, 0.1) is 16.9 Å². The fourth-order valence-corrected chi connectivity index (χ4v) is 3.43. The molecule has 0 unspecified atom stereocenters. The molecule has 0 saturated carbocycles. The van der Waals surface area contributed by atoms with Crippen LogP contribution in [0, 0.1) is 0 Å². The van der Waals surface area contributed by atoms with Crippen LogP contribution in [0.15, 0.2) is 50.7 Å². The minimum atomic E-state index is -0.916. The number of halogens is 1. The fourth-order valence-electron chi connectivity index (χ4n) is 1.86. The maximum atomic E-state index is 11.2. The van der Waals surface area contributed by atoms with Gasteiger partial charge >= 0.3 is 5.97 Å². The molecular weight excluding hydrogens is 314 g/mol. The summed E-state index contributed by atoms with van der Waals surface area (Å²) in [6, 6.07) is 11.2. The van der Waals surface area contributed by atoms with Gasteiger partial charge in [-0.1, -0.05) is 33.8 Å². The first-order chi connectivity index (χ1) is 8.65. The summed E-state index contributed by atoms with van der Waals surface area (Å²) in [7, 11) is 0. The van der Waals surface area contributed by atoms with E-state index in [0.29, 0.717) is 11.3 Å². The van der Waals surface area contributed by atoms with Gasteiger partial charge in [0.25, 0.3) is 0 Å². The van der Waals surface area contributed by atoms with Crippen LogP contribution in [0.2, 0.25) is 0 Å². The molecule has 0 bridgehead atoms. The lowest BCUT2D eigenvalue weighted by Gasteiger charge is -2.22. The quantitative estimate of drug-likeness (QED) is 0.699. The van der Waals surface area contributed by atoms with Crippen LogP contribution in [-0.2, 0) is 0 Å². The Kier molecular flexibility index (Phi) is 2.80. The van der Waals surface area contributed by atoms with Gasteiger partial charge in [0.2, 0.25) is 0 Å². The van der Waals surface area contributed by atoms with Crippen molar-refractivity contribution < 1.29 is 9.90 Å². The SMILES string of the molecule is O=C(O)c1cccc2c1Nc1ccc(Br)cc1S2. The number of para-hydroxylation sites is 1. The Labute approximate surface area is 116 Å². The second-order valence-electron chi connectivity index (χ2n) is 3.85. The van der Waals surface area contributed by atoms with E-state index in [2.05, 4.69) is 21.2 Å². The molecule has 0 aliphatic carbocycles. The minimum Gasteiger partial charge on any atom is -0.478 e. The molecule has 1 heterocycles. The van der Waals surface area contributed by atoms with E-state index in [-0.39, 0.29) is 0 Å². The lowest BCUT2D eigenvalue weighted by atomic mass is 10.1. The van der Waals surface area contributed by atoms with Crippen molar-refractivity contribution in [2.75, 3.05) is 5.32 Å². The number of hydrogen-bond donors (Lipinski definition) is 2. The Hall–Kier alpha value is -1.46. The first-order valence-electron chi connectivity index (χ1n) is 5.26. The summed E-state index contributed by atoms with van der Waals surface area (Å²) in [6.45, 7) is 0. The average molecular weight is 322 g/mol. The molecule has 0 amide bonds. The third-order valence-electron chi connectivity index (χ3n) is 2.68. The van der Waals surface area contributed by atoms with E-state index < -0.39 is 5.97 Å². The number of hydrogen-bond acceptors (Lipinski definition) is 3. The Bertz CT molecular complexity index is 657. The Morgan fingerprint density at radius 3 is 2.83 bits per heavy atom. The smallest absolute Gasteiger partial charge is 0.337 e. The zero-order valence-corrected chi connectivity index (χ0v) is 11.5. The average Bonchev–Trinajstić information content (AvgIpc) is 2.35. The third-order valence-corrected chi connectivity index (χ3v) is 4.29. The second kappa shape index (κ2) is 4.33. The van der Waals surface area contributed by atoms with Crippen molar-refractivity contribution in [3.8, 4) is 0 Å². The molecule has 0 aromatic heterocycles. The van der Waals surface area contributed by atoms with E-state index >= 15 is 0 Å². The second-order valence-corrected chi connectivity index (χ2v) is 5.85. The van der Waals surface area contributed by atoms with Gasteiger partial charge in [0.15, 0.2) is 0 Å². The topological polar surface area (TPSA) is 49.3 Å². The van der Waals surface area contributed by atoms with E-state index in [4.69, 9.17) is 0 Å². The summed E-state index contributed by atoms with van der Waals surface area (Å²) in [5.74, 6) is -0.916. The predicted molar refractivity (Wildman–Crippen MR) is 74.9 cm³/mol. The van der Waals surface area contributed by atoms with Crippen LogP contribution in [0.25, 0.3) is 0 Å². The molecule has 0 radical (unpaired) electrons.